The SMILES string of the molecule is COc1ccc(/C=C2/SC3CCC(C(=O)NCC(OC)OC)CC3NC2=O)cc1. The zero-order valence-corrected chi connectivity index (χ0v) is 17.8. The van der Waals surface area contributed by atoms with Crippen LogP contribution in [-0.2, 0) is 19.1 Å². The lowest BCUT2D eigenvalue weighted by Crippen LogP contribution is -2.52. The highest BCUT2D eigenvalue weighted by molar-refractivity contribution is 8.04. The van der Waals surface area contributed by atoms with E-state index in [4.69, 9.17) is 14.2 Å². The van der Waals surface area contributed by atoms with Crippen molar-refractivity contribution in [1.29, 1.82) is 0 Å². The third kappa shape index (κ3) is 5.52. The fourth-order valence-electron chi connectivity index (χ4n) is 3.67. The van der Waals surface area contributed by atoms with Crippen molar-refractivity contribution < 1.29 is 23.8 Å². The summed E-state index contributed by atoms with van der Waals surface area (Å²) in [6.07, 6.45) is 3.78. The zero-order valence-electron chi connectivity index (χ0n) is 17.0. The first-order valence-corrected chi connectivity index (χ1v) is 10.6. The monoisotopic (exact) mass is 420 g/mol. The van der Waals surface area contributed by atoms with Gasteiger partial charge in [-0.25, -0.2) is 0 Å². The topological polar surface area (TPSA) is 85.9 Å². The molecule has 0 bridgehead atoms. The highest BCUT2D eigenvalue weighted by atomic mass is 32.2. The van der Waals surface area contributed by atoms with Crippen molar-refractivity contribution in [1.82, 2.24) is 10.6 Å². The number of rotatable bonds is 7. The Morgan fingerprint density at radius 2 is 1.97 bits per heavy atom. The first-order chi connectivity index (χ1) is 14.0. The first kappa shape index (κ1) is 21.7. The summed E-state index contributed by atoms with van der Waals surface area (Å²) in [7, 11) is 4.71. The van der Waals surface area contributed by atoms with Crippen molar-refractivity contribution in [3.05, 3.63) is 34.7 Å². The van der Waals surface area contributed by atoms with Crippen LogP contribution in [0.4, 0.5) is 0 Å². The standard InChI is InChI=1S/C21H28N2O5S/c1-26-15-7-4-13(5-8-15)10-18-21(25)23-16-11-14(6-9-17(16)29-18)20(24)22-12-19(27-2)28-3/h4-5,7-8,10,14,16-17,19H,6,9,11-12H2,1-3H3,(H,22,24)(H,23,25)/b18-10+. The van der Waals surface area contributed by atoms with Crippen molar-refractivity contribution in [3.63, 3.8) is 0 Å². The quantitative estimate of drug-likeness (QED) is 0.519. The number of thioether (sulfide) groups is 1. The number of carbonyl (C=O) groups excluding carboxylic acids is 2. The molecule has 8 heteroatoms. The number of carbonyl (C=O) groups is 2. The molecule has 29 heavy (non-hydrogen) atoms. The minimum atomic E-state index is -0.453. The molecule has 1 aromatic rings. The molecular formula is C21H28N2O5S. The van der Waals surface area contributed by atoms with Crippen LogP contribution in [0, 0.1) is 5.92 Å². The Kier molecular flexibility index (Phi) is 7.57. The molecule has 1 aliphatic heterocycles. The molecule has 158 valence electrons. The number of amides is 2. The van der Waals surface area contributed by atoms with E-state index >= 15 is 0 Å². The highest BCUT2D eigenvalue weighted by Gasteiger charge is 2.39. The normalized spacial score (nSPS) is 25.4. The van der Waals surface area contributed by atoms with Crippen molar-refractivity contribution in [2.75, 3.05) is 27.9 Å². The van der Waals surface area contributed by atoms with Gasteiger partial charge in [0.05, 0.1) is 18.6 Å². The molecule has 0 aromatic heterocycles. The van der Waals surface area contributed by atoms with Gasteiger partial charge >= 0.3 is 0 Å². The number of ether oxygens (including phenoxy) is 3. The van der Waals surface area contributed by atoms with Crippen molar-refractivity contribution in [3.8, 4) is 5.75 Å². The molecule has 7 nitrogen and oxygen atoms in total. The second kappa shape index (κ2) is 10.1. The highest BCUT2D eigenvalue weighted by Crippen LogP contribution is 2.40. The van der Waals surface area contributed by atoms with E-state index in [1.54, 1.807) is 18.9 Å². The Bertz CT molecular complexity index is 748. The zero-order chi connectivity index (χ0) is 20.8. The van der Waals surface area contributed by atoms with E-state index in [1.165, 1.54) is 14.2 Å². The van der Waals surface area contributed by atoms with E-state index in [0.717, 1.165) is 24.2 Å². The van der Waals surface area contributed by atoms with Gasteiger partial charge in [-0.15, -0.1) is 11.8 Å². The molecule has 1 aromatic carbocycles. The molecule has 3 rings (SSSR count). The molecule has 1 aliphatic carbocycles. The lowest BCUT2D eigenvalue weighted by Gasteiger charge is -2.39. The van der Waals surface area contributed by atoms with Gasteiger partial charge in [-0.3, -0.25) is 9.59 Å². The summed E-state index contributed by atoms with van der Waals surface area (Å²) in [5.41, 5.74) is 0.959. The van der Waals surface area contributed by atoms with Gasteiger partial charge in [0.15, 0.2) is 6.29 Å². The van der Waals surface area contributed by atoms with Gasteiger partial charge in [0.25, 0.3) is 5.91 Å². The Balaban J connectivity index is 1.57. The Labute approximate surface area is 175 Å². The van der Waals surface area contributed by atoms with Crippen LogP contribution < -0.4 is 15.4 Å². The largest absolute Gasteiger partial charge is 0.497 e. The number of hydrogen-bond donors (Lipinski definition) is 2. The Morgan fingerprint density at radius 3 is 2.62 bits per heavy atom. The predicted octanol–water partition coefficient (Wildman–Crippen LogP) is 2.17. The second-order valence-electron chi connectivity index (χ2n) is 7.17. The number of hydrogen-bond acceptors (Lipinski definition) is 6. The van der Waals surface area contributed by atoms with E-state index in [2.05, 4.69) is 10.6 Å². The molecule has 3 unspecified atom stereocenters. The maximum Gasteiger partial charge on any atom is 0.257 e. The van der Waals surface area contributed by atoms with E-state index in [0.29, 0.717) is 17.9 Å². The molecular weight excluding hydrogens is 392 g/mol. The molecule has 0 radical (unpaired) electrons. The van der Waals surface area contributed by atoms with Crippen molar-refractivity contribution >= 4 is 29.7 Å². The van der Waals surface area contributed by atoms with E-state index in [-0.39, 0.29) is 29.0 Å². The smallest absolute Gasteiger partial charge is 0.257 e. The van der Waals surface area contributed by atoms with Crippen LogP contribution in [0.5, 0.6) is 5.75 Å². The lowest BCUT2D eigenvalue weighted by atomic mass is 9.84. The van der Waals surface area contributed by atoms with Gasteiger partial charge in [-0.05, 0) is 43.0 Å². The van der Waals surface area contributed by atoms with E-state index < -0.39 is 6.29 Å². The summed E-state index contributed by atoms with van der Waals surface area (Å²) in [5.74, 6) is 0.582. The fraction of sp³-hybridized carbons (Fsp3) is 0.524. The van der Waals surface area contributed by atoms with Crippen LogP contribution in [0.15, 0.2) is 29.2 Å². The van der Waals surface area contributed by atoms with Crippen molar-refractivity contribution in [2.24, 2.45) is 5.92 Å². The molecule has 2 fully saturated rings. The predicted molar refractivity (Wildman–Crippen MR) is 112 cm³/mol. The van der Waals surface area contributed by atoms with Crippen LogP contribution in [-0.4, -0.2) is 57.3 Å². The summed E-state index contributed by atoms with van der Waals surface area (Å²) in [5, 5.41) is 6.27. The van der Waals surface area contributed by atoms with Crippen LogP contribution >= 0.6 is 11.8 Å². The average Bonchev–Trinajstić information content (AvgIpc) is 2.75. The van der Waals surface area contributed by atoms with Crippen LogP contribution in [0.25, 0.3) is 6.08 Å². The summed E-state index contributed by atoms with van der Waals surface area (Å²) in [4.78, 5) is 25.8. The van der Waals surface area contributed by atoms with Crippen LogP contribution in [0.1, 0.15) is 24.8 Å². The summed E-state index contributed by atoms with van der Waals surface area (Å²) in [6.45, 7) is 0.312. The van der Waals surface area contributed by atoms with Gasteiger partial charge in [-0.2, -0.15) is 0 Å². The maximum absolute atomic E-state index is 12.6. The summed E-state index contributed by atoms with van der Waals surface area (Å²) < 4.78 is 15.4. The van der Waals surface area contributed by atoms with Gasteiger partial charge in [-0.1, -0.05) is 12.1 Å². The molecule has 2 amide bonds. The third-order valence-electron chi connectivity index (χ3n) is 5.36. The van der Waals surface area contributed by atoms with Gasteiger partial charge in [0.1, 0.15) is 5.75 Å². The minimum absolute atomic E-state index is 0.00525. The molecule has 1 saturated heterocycles. The number of benzene rings is 1. The molecule has 0 spiro atoms. The number of fused-ring (bicyclic) bond motifs is 1. The summed E-state index contributed by atoms with van der Waals surface area (Å²) >= 11 is 1.61. The van der Waals surface area contributed by atoms with Gasteiger partial charge in [0, 0.05) is 31.4 Å². The van der Waals surface area contributed by atoms with E-state index in [9.17, 15) is 9.59 Å². The van der Waals surface area contributed by atoms with Crippen molar-refractivity contribution in [2.45, 2.75) is 36.8 Å². The fourth-order valence-corrected chi connectivity index (χ4v) is 4.97. The lowest BCUT2D eigenvalue weighted by molar-refractivity contribution is -0.132. The number of methoxy groups -OCH3 is 3. The minimum Gasteiger partial charge on any atom is -0.497 e. The van der Waals surface area contributed by atoms with Gasteiger partial charge < -0.3 is 24.8 Å². The number of nitrogens with one attached hydrogen (secondary N) is 2. The van der Waals surface area contributed by atoms with Crippen LogP contribution in [0.2, 0.25) is 0 Å². The first-order valence-electron chi connectivity index (χ1n) is 9.70. The Morgan fingerprint density at radius 1 is 1.24 bits per heavy atom. The molecule has 2 aliphatic rings. The van der Waals surface area contributed by atoms with E-state index in [1.807, 2.05) is 30.3 Å². The van der Waals surface area contributed by atoms with Crippen LogP contribution in [0.3, 0.4) is 0 Å². The molecule has 1 heterocycles. The van der Waals surface area contributed by atoms with Gasteiger partial charge in [0.2, 0.25) is 5.91 Å². The maximum atomic E-state index is 12.6. The average molecular weight is 421 g/mol. The molecule has 3 atom stereocenters. The molecule has 1 saturated carbocycles. The molecule has 2 N–H and O–H groups in total. The third-order valence-corrected chi connectivity index (χ3v) is 6.78. The Hall–Kier alpha value is -2.03. The second-order valence-corrected chi connectivity index (χ2v) is 8.46. The summed E-state index contributed by atoms with van der Waals surface area (Å²) in [6, 6.07) is 7.62.